The molecule has 2 aliphatic heterocycles. The van der Waals surface area contributed by atoms with Gasteiger partial charge in [0.1, 0.15) is 6.61 Å². The zero-order valence-corrected chi connectivity index (χ0v) is 17.0. The molecular formula is C17H18NNaO5S. The number of carbonyl (C=O) groups is 2. The number of hydrogen-bond donors (Lipinski definition) is 0. The fourth-order valence-corrected chi connectivity index (χ4v) is 5.21. The summed E-state index contributed by atoms with van der Waals surface area (Å²) in [6.45, 7) is 2.29. The first-order valence-corrected chi connectivity index (χ1v) is 8.92. The van der Waals surface area contributed by atoms with Gasteiger partial charge in [-0.3, -0.25) is 9.11 Å². The van der Waals surface area contributed by atoms with E-state index in [2.05, 4.69) is 0 Å². The number of carboxylic acids is 1. The molecule has 0 aliphatic carbocycles. The molecule has 2 heterocycles. The summed E-state index contributed by atoms with van der Waals surface area (Å²) in [5.41, 5.74) is 0.853. The van der Waals surface area contributed by atoms with Crippen LogP contribution < -0.4 is 34.7 Å². The standard InChI is InChI=1S/C17H19NO5S.Na/c1-17(15(16(20)21)18-10-8-13(18)24(17)22)9-7-14(19)23-11-12-5-3-2-4-6-12;/h2-7,9,13,15H,8,10-11H2,1H3,(H,20,21);/q;+1/p-1/b9-7+;. The molecule has 0 spiro atoms. The van der Waals surface area contributed by atoms with Gasteiger partial charge in [0.05, 0.1) is 32.9 Å². The van der Waals surface area contributed by atoms with Gasteiger partial charge in [0.2, 0.25) is 0 Å². The Hall–Kier alpha value is -0.990. The third-order valence-electron chi connectivity index (χ3n) is 4.56. The van der Waals surface area contributed by atoms with E-state index in [-0.39, 0.29) is 41.5 Å². The Morgan fingerprint density at radius 2 is 2.08 bits per heavy atom. The van der Waals surface area contributed by atoms with Gasteiger partial charge in [0.15, 0.2) is 0 Å². The van der Waals surface area contributed by atoms with Crippen LogP contribution in [0.4, 0.5) is 0 Å². The Morgan fingerprint density at radius 3 is 2.64 bits per heavy atom. The van der Waals surface area contributed by atoms with Crippen LogP contribution in [0.5, 0.6) is 0 Å². The van der Waals surface area contributed by atoms with Gasteiger partial charge in [-0.05, 0) is 18.9 Å². The fraction of sp³-hybridized carbons (Fsp3) is 0.412. The van der Waals surface area contributed by atoms with Crippen molar-refractivity contribution >= 4 is 22.7 Å². The Kier molecular flexibility index (Phi) is 6.62. The summed E-state index contributed by atoms with van der Waals surface area (Å²) in [6.07, 6.45) is 3.26. The molecule has 128 valence electrons. The number of esters is 1. The molecule has 6 nitrogen and oxygen atoms in total. The van der Waals surface area contributed by atoms with Gasteiger partial charge >= 0.3 is 35.5 Å². The second-order valence-corrected chi connectivity index (χ2v) is 8.13. The molecule has 2 saturated heterocycles. The molecule has 1 aromatic carbocycles. The van der Waals surface area contributed by atoms with E-state index in [1.807, 2.05) is 30.3 Å². The van der Waals surface area contributed by atoms with E-state index in [0.29, 0.717) is 13.0 Å². The van der Waals surface area contributed by atoms with E-state index in [9.17, 15) is 18.9 Å². The topological polar surface area (TPSA) is 86.7 Å². The van der Waals surface area contributed by atoms with Crippen LogP contribution in [0.15, 0.2) is 42.5 Å². The summed E-state index contributed by atoms with van der Waals surface area (Å²) in [7, 11) is -1.41. The number of carbonyl (C=O) groups excluding carboxylic acids is 2. The Balaban J connectivity index is 0.00000225. The molecule has 0 N–H and O–H groups in total. The Bertz CT molecular complexity index is 710. The van der Waals surface area contributed by atoms with Crippen molar-refractivity contribution in [3.8, 4) is 0 Å². The van der Waals surface area contributed by atoms with Gasteiger partial charge in [-0.1, -0.05) is 36.4 Å². The van der Waals surface area contributed by atoms with E-state index >= 15 is 0 Å². The molecule has 2 fully saturated rings. The van der Waals surface area contributed by atoms with Crippen molar-refractivity contribution in [1.29, 1.82) is 0 Å². The van der Waals surface area contributed by atoms with E-state index in [1.165, 1.54) is 12.2 Å². The zero-order chi connectivity index (χ0) is 17.3. The van der Waals surface area contributed by atoms with E-state index < -0.39 is 33.5 Å². The number of ether oxygens (including phenoxy) is 1. The molecule has 3 rings (SSSR count). The van der Waals surface area contributed by atoms with Gasteiger partial charge in [-0.25, -0.2) is 4.79 Å². The largest absolute Gasteiger partial charge is 1.00 e. The summed E-state index contributed by atoms with van der Waals surface area (Å²) >= 11 is 0. The molecule has 0 aromatic heterocycles. The SMILES string of the molecule is CC1(/C=C/C(=O)OCc2ccccc2)C(C(=O)[O-])N2CCC2S1=O.[Na+]. The number of nitrogens with zero attached hydrogens (tertiary/aromatic N) is 1. The second-order valence-electron chi connectivity index (χ2n) is 6.11. The van der Waals surface area contributed by atoms with Crippen molar-refractivity contribution in [3.05, 3.63) is 48.0 Å². The molecule has 0 radical (unpaired) electrons. The van der Waals surface area contributed by atoms with Crippen molar-refractivity contribution in [2.24, 2.45) is 0 Å². The van der Waals surface area contributed by atoms with Crippen LogP contribution in [0.1, 0.15) is 18.9 Å². The summed E-state index contributed by atoms with van der Waals surface area (Å²) in [5.74, 6) is -1.86. The molecule has 0 amide bonds. The first-order chi connectivity index (χ1) is 11.4. The predicted molar refractivity (Wildman–Crippen MR) is 85.8 cm³/mol. The second kappa shape index (κ2) is 8.14. The molecule has 8 heteroatoms. The summed E-state index contributed by atoms with van der Waals surface area (Å²) in [4.78, 5) is 25.0. The Morgan fingerprint density at radius 1 is 1.40 bits per heavy atom. The van der Waals surface area contributed by atoms with Crippen LogP contribution in [0.25, 0.3) is 0 Å². The predicted octanol–water partition coefficient (Wildman–Crippen LogP) is -3.04. The van der Waals surface area contributed by atoms with Crippen molar-refractivity contribution in [2.45, 2.75) is 36.1 Å². The molecule has 4 unspecified atom stereocenters. The third kappa shape index (κ3) is 3.90. The van der Waals surface area contributed by atoms with Gasteiger partial charge < -0.3 is 14.6 Å². The minimum Gasteiger partial charge on any atom is -0.548 e. The van der Waals surface area contributed by atoms with E-state index in [4.69, 9.17) is 4.74 Å². The average Bonchev–Trinajstić information content (AvgIpc) is 2.69. The number of carboxylic acid groups (broad SMARTS) is 1. The third-order valence-corrected chi connectivity index (χ3v) is 6.78. The summed E-state index contributed by atoms with van der Waals surface area (Å²) in [6, 6.07) is 8.23. The quantitative estimate of drug-likeness (QED) is 0.311. The summed E-state index contributed by atoms with van der Waals surface area (Å²) in [5, 5.41) is 11.2. The van der Waals surface area contributed by atoms with Crippen molar-refractivity contribution in [3.63, 3.8) is 0 Å². The number of benzene rings is 1. The number of aliphatic carboxylic acids is 1. The normalized spacial score (nSPS) is 31.0. The first kappa shape index (κ1) is 20.3. The van der Waals surface area contributed by atoms with E-state index in [1.54, 1.807) is 11.8 Å². The van der Waals surface area contributed by atoms with Crippen LogP contribution in [0.3, 0.4) is 0 Å². The minimum absolute atomic E-state index is 0. The Labute approximate surface area is 171 Å². The van der Waals surface area contributed by atoms with Crippen LogP contribution in [0, 0.1) is 0 Å². The average molecular weight is 371 g/mol. The maximum absolute atomic E-state index is 12.6. The molecule has 0 bridgehead atoms. The number of fused-ring (bicyclic) bond motifs is 1. The summed E-state index contributed by atoms with van der Waals surface area (Å²) < 4.78 is 16.5. The maximum atomic E-state index is 12.6. The smallest absolute Gasteiger partial charge is 0.548 e. The van der Waals surface area contributed by atoms with Gasteiger partial charge in [-0.15, -0.1) is 0 Å². The van der Waals surface area contributed by atoms with Crippen molar-refractivity contribution < 1.29 is 53.2 Å². The molecule has 1 aromatic rings. The maximum Gasteiger partial charge on any atom is 1.00 e. The van der Waals surface area contributed by atoms with Crippen molar-refractivity contribution in [1.82, 2.24) is 4.90 Å². The molecular weight excluding hydrogens is 353 g/mol. The fourth-order valence-electron chi connectivity index (χ4n) is 3.18. The monoisotopic (exact) mass is 371 g/mol. The number of rotatable bonds is 5. The van der Waals surface area contributed by atoms with Crippen molar-refractivity contribution in [2.75, 3.05) is 6.54 Å². The van der Waals surface area contributed by atoms with Gasteiger partial charge in [0.25, 0.3) is 0 Å². The molecule has 2 aliphatic rings. The molecule has 4 atom stereocenters. The van der Waals surface area contributed by atoms with Crippen LogP contribution >= 0.6 is 0 Å². The van der Waals surface area contributed by atoms with Gasteiger partial charge in [-0.2, -0.15) is 0 Å². The van der Waals surface area contributed by atoms with Crippen LogP contribution in [-0.4, -0.2) is 43.8 Å². The van der Waals surface area contributed by atoms with Gasteiger partial charge in [0, 0.05) is 12.6 Å². The minimum atomic E-state index is -1.41. The molecule has 25 heavy (non-hydrogen) atoms. The van der Waals surface area contributed by atoms with E-state index in [0.717, 1.165) is 5.56 Å². The zero-order valence-electron chi connectivity index (χ0n) is 14.2. The van der Waals surface area contributed by atoms with Crippen LogP contribution in [0.2, 0.25) is 0 Å². The number of hydrogen-bond acceptors (Lipinski definition) is 6. The van der Waals surface area contributed by atoms with Crippen LogP contribution in [-0.2, 0) is 31.7 Å². The molecule has 0 saturated carbocycles. The first-order valence-electron chi connectivity index (χ1n) is 7.70.